The summed E-state index contributed by atoms with van der Waals surface area (Å²) in [4.78, 5) is 14.4. The van der Waals surface area contributed by atoms with Crippen LogP contribution in [0.3, 0.4) is 0 Å². The zero-order chi connectivity index (χ0) is 24.0. The zero-order valence-corrected chi connectivity index (χ0v) is 21.7. The number of aliphatic carboxylic acids is 1. The van der Waals surface area contributed by atoms with Gasteiger partial charge < -0.3 is 14.6 Å². The Kier molecular flexibility index (Phi) is 9.28. The molecule has 0 unspecified atom stereocenters. The molecule has 0 N–H and O–H groups in total. The molecular formula is C30H30LiNO3S. The van der Waals surface area contributed by atoms with Crippen molar-refractivity contribution < 1.29 is 33.5 Å². The Bertz CT molecular complexity index is 1280. The van der Waals surface area contributed by atoms with Gasteiger partial charge in [0.2, 0.25) is 0 Å². The van der Waals surface area contributed by atoms with Crippen molar-refractivity contribution in [1.29, 1.82) is 0 Å². The molecular weight excluding hydrogens is 461 g/mol. The van der Waals surface area contributed by atoms with Crippen LogP contribution in [0.5, 0.6) is 5.75 Å². The summed E-state index contributed by atoms with van der Waals surface area (Å²) in [6, 6.07) is 25.9. The van der Waals surface area contributed by atoms with Gasteiger partial charge in [0.1, 0.15) is 5.75 Å². The Morgan fingerprint density at radius 1 is 0.917 bits per heavy atom. The number of rotatable bonds is 10. The second kappa shape index (κ2) is 12.6. The van der Waals surface area contributed by atoms with E-state index in [-0.39, 0.29) is 25.3 Å². The number of hydrogen-bond donors (Lipinski definition) is 0. The Labute approximate surface area is 229 Å². The largest absolute Gasteiger partial charge is 1.00 e. The molecule has 6 heteroatoms. The number of benzene rings is 3. The average molecular weight is 492 g/mol. The number of carbonyl (C=O) groups is 1. The van der Waals surface area contributed by atoms with E-state index in [4.69, 9.17) is 4.74 Å². The molecule has 1 saturated heterocycles. The van der Waals surface area contributed by atoms with Gasteiger partial charge in [-0.2, -0.15) is 0 Å². The molecule has 0 aliphatic carbocycles. The second-order valence-corrected chi connectivity index (χ2v) is 10.3. The molecule has 1 aromatic heterocycles. The number of carbonyl (C=O) groups excluding carboxylic acids is 1. The molecule has 1 aliphatic heterocycles. The third-order valence-corrected chi connectivity index (χ3v) is 7.88. The maximum atomic E-state index is 10.6. The van der Waals surface area contributed by atoms with Crippen molar-refractivity contribution >= 4 is 27.4 Å². The minimum Gasteiger partial charge on any atom is -0.550 e. The van der Waals surface area contributed by atoms with Gasteiger partial charge in [0.25, 0.3) is 0 Å². The van der Waals surface area contributed by atoms with Crippen molar-refractivity contribution in [2.45, 2.75) is 38.6 Å². The van der Waals surface area contributed by atoms with E-state index in [1.54, 1.807) is 0 Å². The molecule has 4 aromatic rings. The van der Waals surface area contributed by atoms with E-state index >= 15 is 0 Å². The molecule has 2 heterocycles. The van der Waals surface area contributed by atoms with Crippen LogP contribution in [0.4, 0.5) is 0 Å². The van der Waals surface area contributed by atoms with Crippen LogP contribution in [0.25, 0.3) is 20.5 Å². The quantitative estimate of drug-likeness (QED) is 0.253. The van der Waals surface area contributed by atoms with Crippen molar-refractivity contribution in [3.8, 4) is 16.2 Å². The van der Waals surface area contributed by atoms with Gasteiger partial charge in [-0.15, -0.1) is 11.3 Å². The number of ether oxygens (including phenoxy) is 1. The van der Waals surface area contributed by atoms with Crippen molar-refractivity contribution in [2.24, 2.45) is 0 Å². The van der Waals surface area contributed by atoms with Crippen LogP contribution in [0.1, 0.15) is 42.4 Å². The Morgan fingerprint density at radius 3 is 2.33 bits per heavy atom. The number of likely N-dealkylation sites (tertiary alicyclic amines) is 1. The van der Waals surface area contributed by atoms with Crippen LogP contribution in [0.15, 0.2) is 72.8 Å². The molecule has 4 nitrogen and oxygen atoms in total. The van der Waals surface area contributed by atoms with Crippen LogP contribution in [-0.4, -0.2) is 30.6 Å². The first-order chi connectivity index (χ1) is 17.2. The molecule has 0 spiro atoms. The summed E-state index contributed by atoms with van der Waals surface area (Å²) in [7, 11) is 0. The SMILES string of the molecule is O=C([O-])CCCOc1ccc(-c2sc3ccccc3c2Cc2ccc(CN3CCCC3)cc2)cc1.[Li+]. The van der Waals surface area contributed by atoms with E-state index < -0.39 is 5.97 Å². The summed E-state index contributed by atoms with van der Waals surface area (Å²) in [6.45, 7) is 3.86. The number of carboxylic acid groups (broad SMARTS) is 1. The maximum Gasteiger partial charge on any atom is 1.00 e. The van der Waals surface area contributed by atoms with Gasteiger partial charge in [-0.1, -0.05) is 42.5 Å². The van der Waals surface area contributed by atoms with E-state index in [2.05, 4.69) is 65.6 Å². The molecule has 5 rings (SSSR count). The fraction of sp³-hybridized carbons (Fsp3) is 0.300. The number of thiophene rings is 1. The molecule has 0 amide bonds. The van der Waals surface area contributed by atoms with Crippen LogP contribution >= 0.6 is 11.3 Å². The van der Waals surface area contributed by atoms with Crippen molar-refractivity contribution in [3.05, 3.63) is 89.5 Å². The van der Waals surface area contributed by atoms with Gasteiger partial charge in [-0.05, 0) is 103 Å². The molecule has 36 heavy (non-hydrogen) atoms. The molecule has 0 saturated carbocycles. The first-order valence-electron chi connectivity index (χ1n) is 12.4. The van der Waals surface area contributed by atoms with E-state index in [9.17, 15) is 9.90 Å². The molecule has 180 valence electrons. The van der Waals surface area contributed by atoms with Crippen molar-refractivity contribution in [3.63, 3.8) is 0 Å². The minimum absolute atomic E-state index is 0. The summed E-state index contributed by atoms with van der Waals surface area (Å²) in [5, 5.41) is 11.9. The predicted octanol–water partition coefficient (Wildman–Crippen LogP) is 2.67. The summed E-state index contributed by atoms with van der Waals surface area (Å²) in [5.41, 5.74) is 5.25. The zero-order valence-electron chi connectivity index (χ0n) is 20.9. The third-order valence-electron chi connectivity index (χ3n) is 6.62. The van der Waals surface area contributed by atoms with Crippen LogP contribution < -0.4 is 28.7 Å². The first kappa shape index (κ1) is 26.5. The number of carboxylic acids is 1. The summed E-state index contributed by atoms with van der Waals surface area (Å²) in [6.07, 6.45) is 4.00. The van der Waals surface area contributed by atoms with E-state index in [1.807, 2.05) is 23.5 Å². The Morgan fingerprint density at radius 2 is 1.61 bits per heavy atom. The molecule has 0 atom stereocenters. The van der Waals surface area contributed by atoms with Crippen LogP contribution in [0.2, 0.25) is 0 Å². The van der Waals surface area contributed by atoms with Gasteiger partial charge in [0.05, 0.1) is 6.61 Å². The van der Waals surface area contributed by atoms with Crippen LogP contribution in [-0.2, 0) is 17.8 Å². The van der Waals surface area contributed by atoms with Gasteiger partial charge in [0.15, 0.2) is 0 Å². The smallest absolute Gasteiger partial charge is 0.550 e. The summed E-state index contributed by atoms with van der Waals surface area (Å²) >= 11 is 1.83. The second-order valence-electron chi connectivity index (χ2n) is 9.23. The van der Waals surface area contributed by atoms with Crippen LogP contribution in [0, 0.1) is 0 Å². The minimum atomic E-state index is -1.04. The van der Waals surface area contributed by atoms with Gasteiger partial charge in [-0.25, -0.2) is 0 Å². The average Bonchev–Trinajstić information content (AvgIpc) is 3.51. The van der Waals surface area contributed by atoms with Crippen molar-refractivity contribution in [2.75, 3.05) is 19.7 Å². The monoisotopic (exact) mass is 491 g/mol. The number of nitrogens with zero attached hydrogens (tertiary/aromatic N) is 1. The Hall–Kier alpha value is -2.55. The fourth-order valence-electron chi connectivity index (χ4n) is 4.78. The molecule has 0 bridgehead atoms. The van der Waals surface area contributed by atoms with Crippen molar-refractivity contribution in [1.82, 2.24) is 4.90 Å². The molecule has 0 radical (unpaired) electrons. The topological polar surface area (TPSA) is 52.6 Å². The number of fused-ring (bicyclic) bond motifs is 1. The maximum absolute atomic E-state index is 10.6. The molecule has 3 aromatic carbocycles. The van der Waals surface area contributed by atoms with Gasteiger partial charge in [-0.3, -0.25) is 4.90 Å². The number of hydrogen-bond acceptors (Lipinski definition) is 5. The van der Waals surface area contributed by atoms with E-state index in [1.165, 1.54) is 63.1 Å². The Balaban J connectivity index is 0.00000304. The van der Waals surface area contributed by atoms with Gasteiger partial charge >= 0.3 is 18.9 Å². The first-order valence-corrected chi connectivity index (χ1v) is 13.2. The normalized spacial score (nSPS) is 13.6. The van der Waals surface area contributed by atoms with E-state index in [0.29, 0.717) is 13.0 Å². The van der Waals surface area contributed by atoms with E-state index in [0.717, 1.165) is 18.7 Å². The fourth-order valence-corrected chi connectivity index (χ4v) is 6.01. The summed E-state index contributed by atoms with van der Waals surface area (Å²) in [5.74, 6) is -0.286. The predicted molar refractivity (Wildman–Crippen MR) is 141 cm³/mol. The van der Waals surface area contributed by atoms with Gasteiger partial charge in [0, 0.05) is 22.1 Å². The molecule has 1 fully saturated rings. The summed E-state index contributed by atoms with van der Waals surface area (Å²) < 4.78 is 7.00. The standard InChI is InChI=1S/C30H31NO3S.Li/c32-29(33)8-5-19-34-25-15-13-24(14-16-25)30-27(26-6-1-2-7-28(26)35-30)20-22-9-11-23(12-10-22)21-31-17-3-4-18-31;/h1-2,6-7,9-16H,3-5,8,17-21H2,(H,32,33);/q;+1/p-1. The molecule has 1 aliphatic rings. The third kappa shape index (κ3) is 6.60.